The van der Waals surface area contributed by atoms with Crippen LogP contribution in [-0.4, -0.2) is 11.5 Å². The summed E-state index contributed by atoms with van der Waals surface area (Å²) in [6.45, 7) is 0.779. The first-order chi connectivity index (χ1) is 9.17. The highest BCUT2D eigenvalue weighted by Gasteiger charge is 2.25. The zero-order valence-corrected chi connectivity index (χ0v) is 12.0. The number of halogens is 2. The van der Waals surface area contributed by atoms with Gasteiger partial charge in [0, 0.05) is 10.9 Å². The third kappa shape index (κ3) is 2.60. The molecular formula is C14H16Cl2N2O. The third-order valence-corrected chi connectivity index (χ3v) is 4.45. The summed E-state index contributed by atoms with van der Waals surface area (Å²) in [7, 11) is 0. The van der Waals surface area contributed by atoms with E-state index in [1.54, 1.807) is 12.1 Å². The van der Waals surface area contributed by atoms with Crippen LogP contribution in [-0.2, 0) is 0 Å². The molecule has 2 N–H and O–H groups in total. The minimum Gasteiger partial charge on any atom is -0.439 e. The Kier molecular flexibility index (Phi) is 3.70. The molecule has 0 unspecified atom stereocenters. The van der Waals surface area contributed by atoms with Gasteiger partial charge >= 0.3 is 0 Å². The van der Waals surface area contributed by atoms with Crippen LogP contribution < -0.4 is 5.73 Å². The van der Waals surface area contributed by atoms with Gasteiger partial charge in [0.1, 0.15) is 5.52 Å². The molecule has 0 radical (unpaired) electrons. The van der Waals surface area contributed by atoms with E-state index in [4.69, 9.17) is 33.4 Å². The molecule has 3 rings (SSSR count). The van der Waals surface area contributed by atoms with Gasteiger partial charge < -0.3 is 10.2 Å². The summed E-state index contributed by atoms with van der Waals surface area (Å²) in [4.78, 5) is 4.54. The van der Waals surface area contributed by atoms with Crippen LogP contribution >= 0.6 is 23.2 Å². The van der Waals surface area contributed by atoms with E-state index < -0.39 is 0 Å². The summed E-state index contributed by atoms with van der Waals surface area (Å²) in [5.41, 5.74) is 7.10. The Bertz CT molecular complexity index is 588. The predicted molar refractivity (Wildman–Crippen MR) is 77.8 cm³/mol. The lowest BCUT2D eigenvalue weighted by Crippen LogP contribution is -2.20. The van der Waals surface area contributed by atoms with E-state index in [1.165, 1.54) is 0 Å². The van der Waals surface area contributed by atoms with Crippen molar-refractivity contribution >= 4 is 34.3 Å². The average Bonchev–Trinajstić information content (AvgIpc) is 2.83. The lowest BCUT2D eigenvalue weighted by atomic mass is 9.82. The third-order valence-electron chi connectivity index (χ3n) is 3.96. The van der Waals surface area contributed by atoms with Crippen molar-refractivity contribution in [3.63, 3.8) is 0 Å². The maximum atomic E-state index is 6.13. The van der Waals surface area contributed by atoms with Crippen LogP contribution in [0.25, 0.3) is 11.1 Å². The Morgan fingerprint density at radius 1 is 1.21 bits per heavy atom. The Balaban J connectivity index is 1.88. The van der Waals surface area contributed by atoms with Gasteiger partial charge in [-0.3, -0.25) is 0 Å². The summed E-state index contributed by atoms with van der Waals surface area (Å²) in [5.74, 6) is 1.82. The number of rotatable bonds is 2. The Labute approximate surface area is 122 Å². The van der Waals surface area contributed by atoms with Crippen LogP contribution in [0.3, 0.4) is 0 Å². The molecule has 1 fully saturated rings. The minimum absolute atomic E-state index is 0.380. The molecule has 0 aliphatic heterocycles. The van der Waals surface area contributed by atoms with Gasteiger partial charge in [-0.2, -0.15) is 0 Å². The number of hydrogen-bond acceptors (Lipinski definition) is 3. The average molecular weight is 299 g/mol. The van der Waals surface area contributed by atoms with Crippen LogP contribution in [0, 0.1) is 5.92 Å². The fourth-order valence-corrected chi connectivity index (χ4v) is 3.32. The lowest BCUT2D eigenvalue weighted by Gasteiger charge is -2.25. The Morgan fingerprint density at radius 2 is 1.95 bits per heavy atom. The van der Waals surface area contributed by atoms with Gasteiger partial charge in [0.05, 0.1) is 5.02 Å². The van der Waals surface area contributed by atoms with E-state index in [0.29, 0.717) is 27.5 Å². The summed E-state index contributed by atoms with van der Waals surface area (Å²) in [6.07, 6.45) is 4.46. The van der Waals surface area contributed by atoms with Crippen molar-refractivity contribution < 1.29 is 4.42 Å². The monoisotopic (exact) mass is 298 g/mol. The molecule has 3 nitrogen and oxygen atoms in total. The van der Waals surface area contributed by atoms with E-state index in [1.807, 2.05) is 0 Å². The van der Waals surface area contributed by atoms with Gasteiger partial charge in [-0.15, -0.1) is 0 Å². The minimum atomic E-state index is 0.380. The van der Waals surface area contributed by atoms with Crippen molar-refractivity contribution in [2.75, 3.05) is 6.54 Å². The number of nitrogens with two attached hydrogens (primary N) is 1. The van der Waals surface area contributed by atoms with Gasteiger partial charge in [0.15, 0.2) is 11.5 Å². The number of benzene rings is 1. The first kappa shape index (κ1) is 13.2. The molecule has 5 heteroatoms. The van der Waals surface area contributed by atoms with Crippen molar-refractivity contribution in [2.24, 2.45) is 11.7 Å². The number of nitrogens with zero attached hydrogens (tertiary/aromatic N) is 1. The molecule has 1 saturated carbocycles. The number of fused-ring (bicyclic) bond motifs is 1. The summed E-state index contributed by atoms with van der Waals surface area (Å²) in [6, 6.07) is 3.48. The normalized spacial score (nSPS) is 23.9. The van der Waals surface area contributed by atoms with Crippen LogP contribution in [0.15, 0.2) is 16.5 Å². The van der Waals surface area contributed by atoms with Crippen LogP contribution in [0.2, 0.25) is 10.0 Å². The van der Waals surface area contributed by atoms with Crippen molar-refractivity contribution in [3.8, 4) is 0 Å². The number of oxazole rings is 1. The molecule has 0 amide bonds. The maximum absolute atomic E-state index is 6.13. The fourth-order valence-electron chi connectivity index (χ4n) is 2.80. The molecule has 0 saturated heterocycles. The van der Waals surface area contributed by atoms with E-state index in [9.17, 15) is 0 Å². The molecule has 1 heterocycles. The molecular weight excluding hydrogens is 283 g/mol. The molecule has 0 atom stereocenters. The van der Waals surface area contributed by atoms with E-state index in [-0.39, 0.29) is 0 Å². The van der Waals surface area contributed by atoms with Crippen molar-refractivity contribution in [1.82, 2.24) is 4.98 Å². The molecule has 2 aromatic rings. The van der Waals surface area contributed by atoms with Gasteiger partial charge in [0.2, 0.25) is 0 Å². The maximum Gasteiger partial charge on any atom is 0.198 e. The van der Waals surface area contributed by atoms with Gasteiger partial charge in [0.25, 0.3) is 0 Å². The second kappa shape index (κ2) is 5.31. The van der Waals surface area contributed by atoms with Crippen molar-refractivity contribution in [2.45, 2.75) is 31.6 Å². The Hall–Kier alpha value is -0.770. The van der Waals surface area contributed by atoms with Crippen molar-refractivity contribution in [1.29, 1.82) is 0 Å². The molecule has 1 aromatic heterocycles. The van der Waals surface area contributed by atoms with Crippen LogP contribution in [0.4, 0.5) is 0 Å². The summed E-state index contributed by atoms with van der Waals surface area (Å²) in [5, 5.41) is 1.11. The second-order valence-corrected chi connectivity index (χ2v) is 6.08. The second-order valence-electron chi connectivity index (χ2n) is 5.24. The molecule has 19 heavy (non-hydrogen) atoms. The SMILES string of the molecule is NCC1CCC(c2nc3cc(Cl)cc(Cl)c3o2)CC1. The summed E-state index contributed by atoms with van der Waals surface area (Å²) >= 11 is 12.1. The van der Waals surface area contributed by atoms with Crippen LogP contribution in [0.5, 0.6) is 0 Å². The zero-order chi connectivity index (χ0) is 13.4. The highest BCUT2D eigenvalue weighted by molar-refractivity contribution is 6.37. The van der Waals surface area contributed by atoms with Gasteiger partial charge in [-0.25, -0.2) is 4.98 Å². The smallest absolute Gasteiger partial charge is 0.198 e. The number of hydrogen-bond donors (Lipinski definition) is 1. The predicted octanol–water partition coefficient (Wildman–Crippen LogP) is 4.37. The molecule has 1 aromatic carbocycles. The molecule has 0 bridgehead atoms. The first-order valence-corrected chi connectivity index (χ1v) is 7.38. The van der Waals surface area contributed by atoms with Gasteiger partial charge in [-0.1, -0.05) is 23.2 Å². The van der Waals surface area contributed by atoms with E-state index >= 15 is 0 Å². The largest absolute Gasteiger partial charge is 0.439 e. The molecule has 1 aliphatic carbocycles. The Morgan fingerprint density at radius 3 is 2.63 bits per heavy atom. The lowest BCUT2D eigenvalue weighted by molar-refractivity contribution is 0.301. The topological polar surface area (TPSA) is 52.0 Å². The highest BCUT2D eigenvalue weighted by Crippen LogP contribution is 2.37. The van der Waals surface area contributed by atoms with E-state index in [0.717, 1.165) is 43.6 Å². The molecule has 0 spiro atoms. The number of aromatic nitrogens is 1. The quantitative estimate of drug-likeness (QED) is 0.896. The first-order valence-electron chi connectivity index (χ1n) is 6.63. The molecule has 102 valence electrons. The van der Waals surface area contributed by atoms with Crippen LogP contribution in [0.1, 0.15) is 37.5 Å². The fraction of sp³-hybridized carbons (Fsp3) is 0.500. The van der Waals surface area contributed by atoms with Crippen molar-refractivity contribution in [3.05, 3.63) is 28.1 Å². The standard InChI is InChI=1S/C14H16Cl2N2O/c15-10-5-11(16)13-12(6-10)18-14(19-13)9-3-1-8(7-17)2-4-9/h5-6,8-9H,1-4,7,17H2. The molecule has 1 aliphatic rings. The zero-order valence-electron chi connectivity index (χ0n) is 10.5. The highest BCUT2D eigenvalue weighted by atomic mass is 35.5. The van der Waals surface area contributed by atoms with E-state index in [2.05, 4.69) is 4.98 Å². The van der Waals surface area contributed by atoms with Gasteiger partial charge in [-0.05, 0) is 50.3 Å². The summed E-state index contributed by atoms with van der Waals surface area (Å²) < 4.78 is 5.83.